The van der Waals surface area contributed by atoms with E-state index in [9.17, 15) is 9.18 Å². The van der Waals surface area contributed by atoms with Crippen molar-refractivity contribution < 1.29 is 13.7 Å². The van der Waals surface area contributed by atoms with Crippen molar-refractivity contribution in [2.75, 3.05) is 5.01 Å². The molecular weight excluding hydrogens is 301 g/mol. The predicted molar refractivity (Wildman–Crippen MR) is 81.4 cm³/mol. The SMILES string of the molecule is NC(=O)N(N)c1cccc(-c2noc(-c3ccccc3F)n2)c1. The number of amides is 2. The van der Waals surface area contributed by atoms with Gasteiger partial charge < -0.3 is 10.3 Å². The summed E-state index contributed by atoms with van der Waals surface area (Å²) >= 11 is 0. The molecule has 0 atom stereocenters. The second-order valence-electron chi connectivity index (χ2n) is 4.66. The van der Waals surface area contributed by atoms with Crippen LogP contribution in [0.5, 0.6) is 0 Å². The third-order valence-electron chi connectivity index (χ3n) is 3.15. The number of primary amides is 1. The van der Waals surface area contributed by atoms with E-state index in [2.05, 4.69) is 10.1 Å². The zero-order valence-corrected chi connectivity index (χ0v) is 11.8. The molecule has 0 aliphatic rings. The summed E-state index contributed by atoms with van der Waals surface area (Å²) < 4.78 is 18.8. The first kappa shape index (κ1) is 14.7. The van der Waals surface area contributed by atoms with Crippen LogP contribution < -0.4 is 16.6 Å². The minimum Gasteiger partial charge on any atom is -0.350 e. The Morgan fingerprint density at radius 3 is 2.70 bits per heavy atom. The van der Waals surface area contributed by atoms with Crippen LogP contribution in [-0.4, -0.2) is 16.2 Å². The van der Waals surface area contributed by atoms with Crippen LogP contribution >= 0.6 is 0 Å². The van der Waals surface area contributed by atoms with Crippen LogP contribution in [-0.2, 0) is 0 Å². The van der Waals surface area contributed by atoms with Crippen LogP contribution in [0.4, 0.5) is 14.9 Å². The lowest BCUT2D eigenvalue weighted by Gasteiger charge is -2.13. The van der Waals surface area contributed by atoms with E-state index in [1.54, 1.807) is 36.4 Å². The summed E-state index contributed by atoms with van der Waals surface area (Å²) in [6.45, 7) is 0. The maximum Gasteiger partial charge on any atom is 0.333 e. The summed E-state index contributed by atoms with van der Waals surface area (Å²) in [5.74, 6) is 5.38. The Morgan fingerprint density at radius 1 is 1.17 bits per heavy atom. The van der Waals surface area contributed by atoms with Gasteiger partial charge in [-0.15, -0.1) is 0 Å². The molecule has 0 bridgehead atoms. The number of halogens is 1. The van der Waals surface area contributed by atoms with E-state index in [0.29, 0.717) is 11.3 Å². The number of nitrogens with two attached hydrogens (primary N) is 2. The van der Waals surface area contributed by atoms with Crippen molar-refractivity contribution in [3.8, 4) is 22.8 Å². The summed E-state index contributed by atoms with van der Waals surface area (Å²) in [4.78, 5) is 15.3. The van der Waals surface area contributed by atoms with Crippen LogP contribution in [0.2, 0.25) is 0 Å². The molecule has 7 nitrogen and oxygen atoms in total. The van der Waals surface area contributed by atoms with Crippen LogP contribution in [0, 0.1) is 5.82 Å². The Bertz CT molecular complexity index is 864. The third kappa shape index (κ3) is 2.87. The van der Waals surface area contributed by atoms with Gasteiger partial charge in [-0.25, -0.2) is 20.0 Å². The number of hydrazine groups is 1. The number of urea groups is 1. The summed E-state index contributed by atoms with van der Waals surface area (Å²) in [6, 6.07) is 11.8. The largest absolute Gasteiger partial charge is 0.350 e. The fourth-order valence-corrected chi connectivity index (χ4v) is 2.01. The molecule has 0 unspecified atom stereocenters. The summed E-state index contributed by atoms with van der Waals surface area (Å²) in [5.41, 5.74) is 6.25. The Balaban J connectivity index is 1.97. The average molecular weight is 313 g/mol. The molecule has 1 aromatic heterocycles. The Morgan fingerprint density at radius 2 is 1.96 bits per heavy atom. The van der Waals surface area contributed by atoms with Crippen molar-refractivity contribution in [1.82, 2.24) is 10.1 Å². The molecule has 0 fully saturated rings. The van der Waals surface area contributed by atoms with E-state index in [0.717, 1.165) is 5.01 Å². The fraction of sp³-hybridized carbons (Fsp3) is 0. The lowest BCUT2D eigenvalue weighted by molar-refractivity contribution is 0.254. The lowest BCUT2D eigenvalue weighted by Crippen LogP contribution is -2.41. The van der Waals surface area contributed by atoms with Gasteiger partial charge in [-0.05, 0) is 24.3 Å². The number of carbonyl (C=O) groups excluding carboxylic acids is 1. The maximum atomic E-state index is 13.7. The van der Waals surface area contributed by atoms with Crippen LogP contribution in [0.15, 0.2) is 53.1 Å². The van der Waals surface area contributed by atoms with Crippen molar-refractivity contribution in [1.29, 1.82) is 0 Å². The topological polar surface area (TPSA) is 111 Å². The Labute approximate surface area is 130 Å². The zero-order chi connectivity index (χ0) is 16.4. The normalized spacial score (nSPS) is 10.5. The summed E-state index contributed by atoms with van der Waals surface area (Å²) in [7, 11) is 0. The first-order chi connectivity index (χ1) is 11.1. The smallest absolute Gasteiger partial charge is 0.333 e. The molecule has 116 valence electrons. The summed E-state index contributed by atoms with van der Waals surface area (Å²) in [5, 5.41) is 4.61. The van der Waals surface area contributed by atoms with E-state index in [1.165, 1.54) is 12.1 Å². The fourth-order valence-electron chi connectivity index (χ4n) is 2.01. The van der Waals surface area contributed by atoms with Crippen LogP contribution in [0.25, 0.3) is 22.8 Å². The Hall–Kier alpha value is -3.26. The molecule has 3 aromatic rings. The van der Waals surface area contributed by atoms with Crippen LogP contribution in [0.3, 0.4) is 0 Å². The van der Waals surface area contributed by atoms with Crippen molar-refractivity contribution in [2.45, 2.75) is 0 Å². The van der Waals surface area contributed by atoms with Gasteiger partial charge in [0, 0.05) is 5.56 Å². The van der Waals surface area contributed by atoms with Gasteiger partial charge in [-0.1, -0.05) is 29.4 Å². The van der Waals surface area contributed by atoms with E-state index in [1.807, 2.05) is 0 Å². The average Bonchev–Trinajstić information content (AvgIpc) is 3.04. The summed E-state index contributed by atoms with van der Waals surface area (Å²) in [6.07, 6.45) is 0. The van der Waals surface area contributed by atoms with E-state index < -0.39 is 11.8 Å². The van der Waals surface area contributed by atoms with E-state index in [-0.39, 0.29) is 17.3 Å². The molecule has 4 N–H and O–H groups in total. The Kier molecular flexibility index (Phi) is 3.73. The van der Waals surface area contributed by atoms with Crippen molar-refractivity contribution in [3.63, 3.8) is 0 Å². The molecular formula is C15H12FN5O2. The molecule has 1 heterocycles. The van der Waals surface area contributed by atoms with Crippen LogP contribution in [0.1, 0.15) is 0 Å². The number of hydrogen-bond donors (Lipinski definition) is 2. The second-order valence-corrected chi connectivity index (χ2v) is 4.66. The second kappa shape index (κ2) is 5.85. The highest BCUT2D eigenvalue weighted by molar-refractivity contribution is 5.90. The van der Waals surface area contributed by atoms with Gasteiger partial charge >= 0.3 is 6.03 Å². The molecule has 3 rings (SSSR count). The molecule has 0 aliphatic carbocycles. The monoisotopic (exact) mass is 313 g/mol. The van der Waals surface area contributed by atoms with Gasteiger partial charge in [-0.2, -0.15) is 4.98 Å². The predicted octanol–water partition coefficient (Wildman–Crippen LogP) is 2.30. The van der Waals surface area contributed by atoms with Crippen molar-refractivity contribution in [2.24, 2.45) is 11.6 Å². The number of hydrogen-bond acceptors (Lipinski definition) is 5. The number of rotatable bonds is 3. The zero-order valence-electron chi connectivity index (χ0n) is 11.8. The van der Waals surface area contributed by atoms with Gasteiger partial charge in [-0.3, -0.25) is 0 Å². The van der Waals surface area contributed by atoms with Crippen molar-refractivity contribution >= 4 is 11.7 Å². The highest BCUT2D eigenvalue weighted by Crippen LogP contribution is 2.26. The highest BCUT2D eigenvalue weighted by Gasteiger charge is 2.15. The molecule has 23 heavy (non-hydrogen) atoms. The molecule has 8 heteroatoms. The van der Waals surface area contributed by atoms with Gasteiger partial charge in [0.25, 0.3) is 5.89 Å². The van der Waals surface area contributed by atoms with E-state index >= 15 is 0 Å². The maximum absolute atomic E-state index is 13.7. The first-order valence-corrected chi connectivity index (χ1v) is 6.59. The van der Waals surface area contributed by atoms with Gasteiger partial charge in [0.15, 0.2) is 0 Å². The van der Waals surface area contributed by atoms with Gasteiger partial charge in [0.1, 0.15) is 5.82 Å². The minimum absolute atomic E-state index is 0.0583. The van der Waals surface area contributed by atoms with Crippen molar-refractivity contribution in [3.05, 3.63) is 54.3 Å². The molecule has 0 spiro atoms. The molecule has 2 aromatic carbocycles. The number of carbonyl (C=O) groups is 1. The number of nitrogens with zero attached hydrogens (tertiary/aromatic N) is 3. The third-order valence-corrected chi connectivity index (χ3v) is 3.15. The standard InChI is InChI=1S/C15H12FN5O2/c16-12-7-2-1-6-11(12)14-19-13(20-23-14)9-4-3-5-10(8-9)21(18)15(17)22/h1-8H,18H2,(H2,17,22). The van der Waals surface area contributed by atoms with Gasteiger partial charge in [0.05, 0.1) is 11.3 Å². The lowest BCUT2D eigenvalue weighted by atomic mass is 10.2. The quantitative estimate of drug-likeness (QED) is 0.438. The van der Waals surface area contributed by atoms with E-state index in [4.69, 9.17) is 16.1 Å². The number of benzene rings is 2. The molecule has 0 saturated heterocycles. The van der Waals surface area contributed by atoms with Gasteiger partial charge in [0.2, 0.25) is 5.82 Å². The minimum atomic E-state index is -0.803. The highest BCUT2D eigenvalue weighted by atomic mass is 19.1. The molecule has 0 saturated carbocycles. The molecule has 0 radical (unpaired) electrons. The number of aromatic nitrogens is 2. The molecule has 2 amide bonds. The first-order valence-electron chi connectivity index (χ1n) is 6.59. The number of anilines is 1. The molecule has 0 aliphatic heterocycles.